The van der Waals surface area contributed by atoms with Gasteiger partial charge in [0.1, 0.15) is 6.04 Å². The topological polar surface area (TPSA) is 72.7 Å². The molecule has 1 atom stereocenters. The average Bonchev–Trinajstić information content (AvgIpc) is 3.35. The van der Waals surface area contributed by atoms with E-state index >= 15 is 0 Å². The van der Waals surface area contributed by atoms with Crippen LogP contribution >= 0.6 is 23.1 Å². The molecular formula is C19H17N5OS2. The van der Waals surface area contributed by atoms with Crippen LogP contribution in [0, 0.1) is 0 Å². The molecule has 0 bridgehead atoms. The summed E-state index contributed by atoms with van der Waals surface area (Å²) in [5, 5.41) is 10.8. The number of fused-ring (bicyclic) bond motifs is 1. The monoisotopic (exact) mass is 395 g/mol. The second kappa shape index (κ2) is 6.94. The van der Waals surface area contributed by atoms with Crippen molar-refractivity contribution in [1.29, 1.82) is 0 Å². The molecule has 3 aromatic rings. The van der Waals surface area contributed by atoms with Gasteiger partial charge in [-0.1, -0.05) is 23.9 Å². The van der Waals surface area contributed by atoms with Crippen LogP contribution in [0.2, 0.25) is 0 Å². The Kier molecular flexibility index (Phi) is 4.29. The van der Waals surface area contributed by atoms with Gasteiger partial charge in [-0.25, -0.2) is 4.68 Å². The standard InChI is InChI=1S/C19H17N5OS2/c25-14-7-3-6-13-16(14)17(15-8-4-10-26-15)24-18(21-13)22-19(23-24)27-11-12-5-1-2-9-20-12/h1-2,4-5,8-10,17H,3,6-7,11H2,(H,21,22,23)/t17-/m1/s1. The minimum absolute atomic E-state index is 0.180. The summed E-state index contributed by atoms with van der Waals surface area (Å²) in [4.78, 5) is 22.8. The highest BCUT2D eigenvalue weighted by Gasteiger charge is 2.37. The lowest BCUT2D eigenvalue weighted by atomic mass is 9.88. The quantitative estimate of drug-likeness (QED) is 0.672. The Morgan fingerprint density at radius 2 is 2.22 bits per heavy atom. The lowest BCUT2D eigenvalue weighted by Gasteiger charge is -2.31. The molecule has 136 valence electrons. The highest BCUT2D eigenvalue weighted by molar-refractivity contribution is 7.98. The number of ketones is 1. The van der Waals surface area contributed by atoms with Gasteiger partial charge in [-0.3, -0.25) is 9.78 Å². The number of nitrogens with one attached hydrogen (secondary N) is 1. The van der Waals surface area contributed by atoms with Crippen molar-refractivity contribution in [1.82, 2.24) is 19.7 Å². The highest BCUT2D eigenvalue weighted by atomic mass is 32.2. The van der Waals surface area contributed by atoms with Crippen LogP contribution in [0.15, 0.2) is 58.3 Å². The van der Waals surface area contributed by atoms with Crippen LogP contribution in [-0.4, -0.2) is 25.5 Å². The molecule has 1 aliphatic heterocycles. The number of pyridine rings is 1. The predicted molar refractivity (Wildman–Crippen MR) is 106 cm³/mol. The van der Waals surface area contributed by atoms with Crippen molar-refractivity contribution in [3.05, 3.63) is 63.7 Å². The number of thioether (sulfide) groups is 1. The number of allylic oxidation sites excluding steroid dienone is 2. The molecule has 5 rings (SSSR count). The van der Waals surface area contributed by atoms with E-state index in [2.05, 4.69) is 21.4 Å². The Bertz CT molecular complexity index is 1010. The smallest absolute Gasteiger partial charge is 0.227 e. The van der Waals surface area contributed by atoms with Crippen LogP contribution in [0.4, 0.5) is 5.95 Å². The van der Waals surface area contributed by atoms with Gasteiger partial charge in [-0.05, 0) is 36.4 Å². The van der Waals surface area contributed by atoms with Crippen LogP contribution < -0.4 is 5.32 Å². The van der Waals surface area contributed by atoms with Gasteiger partial charge in [-0.2, -0.15) is 4.98 Å². The van der Waals surface area contributed by atoms with Crippen LogP contribution in [0.25, 0.3) is 0 Å². The van der Waals surface area contributed by atoms with Crippen molar-refractivity contribution in [3.8, 4) is 0 Å². The molecule has 27 heavy (non-hydrogen) atoms. The van der Waals surface area contributed by atoms with Crippen LogP contribution in [0.1, 0.15) is 35.9 Å². The third-order valence-corrected chi connectivity index (χ3v) is 6.53. The second-order valence-electron chi connectivity index (χ2n) is 6.48. The first kappa shape index (κ1) is 16.7. The minimum atomic E-state index is -0.180. The van der Waals surface area contributed by atoms with Crippen molar-refractivity contribution in [3.63, 3.8) is 0 Å². The number of carbonyl (C=O) groups excluding carboxylic acids is 1. The van der Waals surface area contributed by atoms with E-state index in [4.69, 9.17) is 5.10 Å². The van der Waals surface area contributed by atoms with Crippen molar-refractivity contribution >= 4 is 34.8 Å². The lowest BCUT2D eigenvalue weighted by Crippen LogP contribution is -2.31. The fourth-order valence-electron chi connectivity index (χ4n) is 3.53. The van der Waals surface area contributed by atoms with Gasteiger partial charge in [0.2, 0.25) is 11.1 Å². The third-order valence-electron chi connectivity index (χ3n) is 4.74. The molecule has 4 heterocycles. The number of thiophene rings is 1. The van der Waals surface area contributed by atoms with Gasteiger partial charge in [0.15, 0.2) is 5.78 Å². The number of carbonyl (C=O) groups is 1. The number of hydrogen-bond donors (Lipinski definition) is 1. The first-order valence-electron chi connectivity index (χ1n) is 8.85. The van der Waals surface area contributed by atoms with Crippen molar-refractivity contribution in [2.75, 3.05) is 5.32 Å². The van der Waals surface area contributed by atoms with Crippen LogP contribution in [0.5, 0.6) is 0 Å². The van der Waals surface area contributed by atoms with Crippen molar-refractivity contribution < 1.29 is 4.79 Å². The summed E-state index contributed by atoms with van der Waals surface area (Å²) in [7, 11) is 0. The average molecular weight is 396 g/mol. The summed E-state index contributed by atoms with van der Waals surface area (Å²) in [6, 6.07) is 9.79. The largest absolute Gasteiger partial charge is 0.328 e. The van der Waals surface area contributed by atoms with Crippen molar-refractivity contribution in [2.45, 2.75) is 36.2 Å². The van der Waals surface area contributed by atoms with E-state index in [1.807, 2.05) is 34.3 Å². The van der Waals surface area contributed by atoms with Crippen LogP contribution in [-0.2, 0) is 10.5 Å². The van der Waals surface area contributed by atoms with E-state index in [0.717, 1.165) is 34.7 Å². The Hall–Kier alpha value is -2.45. The summed E-state index contributed by atoms with van der Waals surface area (Å²) in [6.45, 7) is 0. The molecule has 0 saturated carbocycles. The molecule has 3 aromatic heterocycles. The van der Waals surface area contributed by atoms with E-state index in [-0.39, 0.29) is 11.8 Å². The van der Waals surface area contributed by atoms with Gasteiger partial charge in [0.05, 0.1) is 5.69 Å². The molecular weight excluding hydrogens is 378 g/mol. The number of hydrogen-bond acceptors (Lipinski definition) is 7. The molecule has 0 radical (unpaired) electrons. The Morgan fingerprint density at radius 1 is 1.26 bits per heavy atom. The molecule has 8 heteroatoms. The Morgan fingerprint density at radius 3 is 3.04 bits per heavy atom. The zero-order chi connectivity index (χ0) is 18.2. The maximum absolute atomic E-state index is 12.7. The molecule has 0 fully saturated rings. The number of anilines is 1. The van der Waals surface area contributed by atoms with E-state index in [1.54, 1.807) is 29.3 Å². The summed E-state index contributed by atoms with van der Waals surface area (Å²) < 4.78 is 1.87. The first-order chi connectivity index (χ1) is 13.3. The van der Waals surface area contributed by atoms with Gasteiger partial charge in [0, 0.05) is 34.5 Å². The lowest BCUT2D eigenvalue weighted by molar-refractivity contribution is -0.116. The minimum Gasteiger partial charge on any atom is -0.328 e. The molecule has 0 amide bonds. The molecule has 1 aliphatic carbocycles. The fraction of sp³-hybridized carbons (Fsp3) is 0.263. The maximum atomic E-state index is 12.7. The van der Waals surface area contributed by atoms with E-state index in [1.165, 1.54) is 0 Å². The van der Waals surface area contributed by atoms with Crippen molar-refractivity contribution in [2.24, 2.45) is 0 Å². The zero-order valence-electron chi connectivity index (χ0n) is 14.5. The maximum Gasteiger partial charge on any atom is 0.227 e. The molecule has 1 N–H and O–H groups in total. The van der Waals surface area contributed by atoms with Gasteiger partial charge >= 0.3 is 0 Å². The Labute approximate surface area is 164 Å². The summed E-state index contributed by atoms with van der Waals surface area (Å²) in [5.74, 6) is 1.64. The molecule has 2 aliphatic rings. The number of Topliss-reactive ketones (excluding diaryl/α,β-unsaturated/α-hetero) is 1. The second-order valence-corrected chi connectivity index (χ2v) is 8.41. The molecule has 6 nitrogen and oxygen atoms in total. The normalized spacial score (nSPS) is 18.8. The molecule has 0 aromatic carbocycles. The number of rotatable bonds is 4. The van der Waals surface area contributed by atoms with E-state index < -0.39 is 0 Å². The zero-order valence-corrected chi connectivity index (χ0v) is 16.1. The first-order valence-corrected chi connectivity index (χ1v) is 10.7. The third kappa shape index (κ3) is 3.08. The fourth-order valence-corrected chi connectivity index (χ4v) is 5.09. The molecule has 0 unspecified atom stereocenters. The van der Waals surface area contributed by atoms with Gasteiger partial charge in [0.25, 0.3) is 0 Å². The van der Waals surface area contributed by atoms with E-state index in [9.17, 15) is 4.79 Å². The molecule has 0 saturated heterocycles. The SMILES string of the molecule is O=C1CCCC2=C1[C@@H](c1cccs1)n1nc(SCc3ccccn3)nc1N2. The Balaban J connectivity index is 1.50. The van der Waals surface area contributed by atoms with Gasteiger partial charge in [-0.15, -0.1) is 16.4 Å². The highest BCUT2D eigenvalue weighted by Crippen LogP contribution is 2.41. The predicted octanol–water partition coefficient (Wildman–Crippen LogP) is 4.05. The summed E-state index contributed by atoms with van der Waals surface area (Å²) in [5.41, 5.74) is 2.85. The van der Waals surface area contributed by atoms with Gasteiger partial charge < -0.3 is 5.32 Å². The number of aromatic nitrogens is 4. The number of nitrogens with zero attached hydrogens (tertiary/aromatic N) is 4. The van der Waals surface area contributed by atoms with Crippen LogP contribution in [0.3, 0.4) is 0 Å². The summed E-state index contributed by atoms with van der Waals surface area (Å²) in [6.07, 6.45) is 4.16. The van der Waals surface area contributed by atoms with E-state index in [0.29, 0.717) is 23.3 Å². The molecule has 0 spiro atoms. The summed E-state index contributed by atoms with van der Waals surface area (Å²) >= 11 is 3.21.